The Bertz CT molecular complexity index is 386. The third kappa shape index (κ3) is 19.0. The van der Waals surface area contributed by atoms with E-state index in [0.29, 0.717) is 45.9 Å². The van der Waals surface area contributed by atoms with Gasteiger partial charge in [0.25, 0.3) is 5.91 Å². The smallest absolute Gasteiger partial charge is 0.306 e. The van der Waals surface area contributed by atoms with Gasteiger partial charge >= 0.3 is 5.97 Å². The van der Waals surface area contributed by atoms with Crippen molar-refractivity contribution in [1.29, 1.82) is 0 Å². The lowest BCUT2D eigenvalue weighted by atomic mass is 9.93. The van der Waals surface area contributed by atoms with Crippen molar-refractivity contribution < 1.29 is 23.8 Å². The van der Waals surface area contributed by atoms with Crippen molar-refractivity contribution in [2.45, 2.75) is 53.6 Å². The largest absolute Gasteiger partial charge is 0.456 e. The number of rotatable bonds is 12. The molecule has 25 heavy (non-hydrogen) atoms. The highest BCUT2D eigenvalue weighted by Crippen LogP contribution is 2.18. The second-order valence-corrected chi connectivity index (χ2v) is 8.07. The SMILES string of the molecule is CC(C)(C)CC(=O)OCC(=O)NCCNCCOCCOC(C)(C)C. The van der Waals surface area contributed by atoms with E-state index in [4.69, 9.17) is 14.2 Å². The van der Waals surface area contributed by atoms with Gasteiger partial charge in [-0.3, -0.25) is 9.59 Å². The standard InChI is InChI=1S/C18H36N2O5/c1-17(2,3)13-16(22)24-14-15(21)20-8-7-19-9-10-23-11-12-25-18(4,5)6/h19H,7-14H2,1-6H3,(H,20,21). The molecule has 0 aliphatic heterocycles. The average Bonchev–Trinajstić information content (AvgIpc) is 2.44. The van der Waals surface area contributed by atoms with E-state index in [-0.39, 0.29) is 29.5 Å². The van der Waals surface area contributed by atoms with Crippen LogP contribution in [0.4, 0.5) is 0 Å². The maximum atomic E-state index is 11.5. The Morgan fingerprint density at radius 1 is 0.880 bits per heavy atom. The van der Waals surface area contributed by atoms with Crippen LogP contribution in [0.3, 0.4) is 0 Å². The van der Waals surface area contributed by atoms with Gasteiger partial charge in [-0.15, -0.1) is 0 Å². The number of carbonyl (C=O) groups is 2. The quantitative estimate of drug-likeness (QED) is 0.405. The van der Waals surface area contributed by atoms with Crippen LogP contribution in [0.15, 0.2) is 0 Å². The molecule has 0 aromatic carbocycles. The predicted octanol–water partition coefficient (Wildman–Crippen LogP) is 1.50. The molecule has 0 radical (unpaired) electrons. The van der Waals surface area contributed by atoms with E-state index in [1.807, 2.05) is 41.5 Å². The lowest BCUT2D eigenvalue weighted by Crippen LogP contribution is -2.35. The van der Waals surface area contributed by atoms with E-state index in [1.165, 1.54) is 0 Å². The highest BCUT2D eigenvalue weighted by Gasteiger charge is 2.17. The van der Waals surface area contributed by atoms with Crippen LogP contribution in [0, 0.1) is 5.41 Å². The van der Waals surface area contributed by atoms with Crippen LogP contribution in [0.25, 0.3) is 0 Å². The molecule has 0 aromatic heterocycles. The zero-order chi connectivity index (χ0) is 19.3. The molecule has 0 saturated heterocycles. The van der Waals surface area contributed by atoms with Crippen LogP contribution in [-0.2, 0) is 23.8 Å². The first-order chi connectivity index (χ1) is 11.5. The Morgan fingerprint density at radius 3 is 2.16 bits per heavy atom. The Hall–Kier alpha value is -1.18. The van der Waals surface area contributed by atoms with E-state index in [2.05, 4.69) is 10.6 Å². The molecule has 148 valence electrons. The normalized spacial score (nSPS) is 12.1. The molecule has 0 heterocycles. The van der Waals surface area contributed by atoms with E-state index >= 15 is 0 Å². The van der Waals surface area contributed by atoms with Crippen LogP contribution >= 0.6 is 0 Å². The fourth-order valence-corrected chi connectivity index (χ4v) is 1.75. The number of amides is 1. The first-order valence-electron chi connectivity index (χ1n) is 8.84. The summed E-state index contributed by atoms with van der Waals surface area (Å²) in [6.45, 7) is 15.2. The van der Waals surface area contributed by atoms with E-state index < -0.39 is 0 Å². The molecule has 0 aliphatic carbocycles. The maximum Gasteiger partial charge on any atom is 0.306 e. The summed E-state index contributed by atoms with van der Waals surface area (Å²) in [4.78, 5) is 23.1. The molecule has 7 heteroatoms. The molecule has 1 amide bonds. The van der Waals surface area contributed by atoms with Crippen LogP contribution in [-0.4, -0.2) is 63.5 Å². The summed E-state index contributed by atoms with van der Waals surface area (Å²) in [5, 5.41) is 5.84. The minimum absolute atomic E-state index is 0.138. The number of carbonyl (C=O) groups excluding carboxylic acids is 2. The van der Waals surface area contributed by atoms with Crippen LogP contribution in [0.2, 0.25) is 0 Å². The van der Waals surface area contributed by atoms with Gasteiger partial charge < -0.3 is 24.8 Å². The number of hydrogen-bond acceptors (Lipinski definition) is 6. The molecule has 0 unspecified atom stereocenters. The predicted molar refractivity (Wildman–Crippen MR) is 97.4 cm³/mol. The maximum absolute atomic E-state index is 11.5. The molecular weight excluding hydrogens is 324 g/mol. The van der Waals surface area contributed by atoms with Gasteiger partial charge in [0.1, 0.15) is 0 Å². The lowest BCUT2D eigenvalue weighted by Gasteiger charge is -2.19. The van der Waals surface area contributed by atoms with Gasteiger partial charge in [-0.1, -0.05) is 20.8 Å². The number of hydrogen-bond donors (Lipinski definition) is 2. The molecule has 0 saturated carbocycles. The van der Waals surface area contributed by atoms with Crippen molar-refractivity contribution in [3.8, 4) is 0 Å². The summed E-state index contributed by atoms with van der Waals surface area (Å²) in [6.07, 6.45) is 0.294. The molecule has 7 nitrogen and oxygen atoms in total. The van der Waals surface area contributed by atoms with Crippen LogP contribution in [0.1, 0.15) is 48.0 Å². The molecule has 0 bridgehead atoms. The van der Waals surface area contributed by atoms with Gasteiger partial charge in [-0.2, -0.15) is 0 Å². The van der Waals surface area contributed by atoms with Crippen molar-refractivity contribution in [2.24, 2.45) is 5.41 Å². The average molecular weight is 360 g/mol. The molecule has 2 N–H and O–H groups in total. The summed E-state index contributed by atoms with van der Waals surface area (Å²) in [7, 11) is 0. The summed E-state index contributed by atoms with van der Waals surface area (Å²) in [6, 6.07) is 0. The third-order valence-corrected chi connectivity index (χ3v) is 2.85. The number of ether oxygens (including phenoxy) is 3. The summed E-state index contributed by atoms with van der Waals surface area (Å²) >= 11 is 0. The van der Waals surface area contributed by atoms with Gasteiger partial charge in [0.15, 0.2) is 6.61 Å². The topological polar surface area (TPSA) is 85.9 Å². The monoisotopic (exact) mass is 360 g/mol. The van der Waals surface area contributed by atoms with Gasteiger partial charge in [0.05, 0.1) is 31.8 Å². The van der Waals surface area contributed by atoms with Crippen molar-refractivity contribution in [3.05, 3.63) is 0 Å². The highest BCUT2D eigenvalue weighted by molar-refractivity contribution is 5.80. The van der Waals surface area contributed by atoms with Gasteiger partial charge in [0.2, 0.25) is 0 Å². The molecule has 0 spiro atoms. The second kappa shape index (κ2) is 12.2. The summed E-state index contributed by atoms with van der Waals surface area (Å²) in [5.74, 6) is -0.645. The fraction of sp³-hybridized carbons (Fsp3) is 0.889. The van der Waals surface area contributed by atoms with Gasteiger partial charge in [0, 0.05) is 19.6 Å². The van der Waals surface area contributed by atoms with E-state index in [0.717, 1.165) is 0 Å². The fourth-order valence-electron chi connectivity index (χ4n) is 1.75. The molecule has 0 atom stereocenters. The second-order valence-electron chi connectivity index (χ2n) is 8.07. The van der Waals surface area contributed by atoms with E-state index in [9.17, 15) is 9.59 Å². The Labute approximate surface area is 152 Å². The summed E-state index contributed by atoms with van der Waals surface area (Å²) in [5.41, 5.74) is -0.278. The minimum Gasteiger partial charge on any atom is -0.456 e. The van der Waals surface area contributed by atoms with Crippen LogP contribution < -0.4 is 10.6 Å². The number of esters is 1. The first kappa shape index (κ1) is 23.8. The molecular formula is C18H36N2O5. The van der Waals surface area contributed by atoms with Crippen molar-refractivity contribution >= 4 is 11.9 Å². The van der Waals surface area contributed by atoms with Crippen molar-refractivity contribution in [3.63, 3.8) is 0 Å². The minimum atomic E-state index is -0.353. The van der Waals surface area contributed by atoms with Crippen LogP contribution in [0.5, 0.6) is 0 Å². The van der Waals surface area contributed by atoms with Gasteiger partial charge in [-0.05, 0) is 26.2 Å². The number of nitrogens with one attached hydrogen (secondary N) is 2. The summed E-state index contributed by atoms with van der Waals surface area (Å²) < 4.78 is 15.9. The van der Waals surface area contributed by atoms with Crippen molar-refractivity contribution in [1.82, 2.24) is 10.6 Å². The highest BCUT2D eigenvalue weighted by atomic mass is 16.5. The molecule has 0 aliphatic rings. The Morgan fingerprint density at radius 2 is 1.56 bits per heavy atom. The zero-order valence-corrected chi connectivity index (χ0v) is 16.7. The Kier molecular flexibility index (Phi) is 11.6. The van der Waals surface area contributed by atoms with Crippen molar-refractivity contribution in [2.75, 3.05) is 46.1 Å². The molecule has 0 fully saturated rings. The third-order valence-electron chi connectivity index (χ3n) is 2.85. The van der Waals surface area contributed by atoms with E-state index in [1.54, 1.807) is 0 Å². The molecule has 0 rings (SSSR count). The zero-order valence-electron chi connectivity index (χ0n) is 16.7. The molecule has 0 aromatic rings. The Balaban J connectivity index is 3.42. The lowest BCUT2D eigenvalue weighted by molar-refractivity contribution is -0.150. The van der Waals surface area contributed by atoms with Gasteiger partial charge in [-0.25, -0.2) is 0 Å². The first-order valence-corrected chi connectivity index (χ1v) is 8.84.